The third-order valence-electron chi connectivity index (χ3n) is 3.11. The van der Waals surface area contributed by atoms with Crippen LogP contribution in [0.3, 0.4) is 0 Å². The SMILES string of the molecule is O=C(O)C#CC1C=Cc2cccc3cccc1c23. The smallest absolute Gasteiger partial charge is 0.381 e. The number of carboxylic acids is 1. The summed E-state index contributed by atoms with van der Waals surface area (Å²) in [6.07, 6.45) is 3.96. The van der Waals surface area contributed by atoms with Gasteiger partial charge in [-0.1, -0.05) is 54.5 Å². The second-order valence-corrected chi connectivity index (χ2v) is 4.20. The zero-order valence-corrected chi connectivity index (χ0v) is 9.55. The molecule has 0 amide bonds. The van der Waals surface area contributed by atoms with Crippen LogP contribution in [0.25, 0.3) is 16.8 Å². The van der Waals surface area contributed by atoms with Crippen LogP contribution in [-0.4, -0.2) is 11.1 Å². The molecule has 1 atom stereocenters. The maximum atomic E-state index is 10.5. The van der Waals surface area contributed by atoms with E-state index in [1.165, 1.54) is 5.39 Å². The molecule has 2 nitrogen and oxygen atoms in total. The Kier molecular flexibility index (Phi) is 2.39. The van der Waals surface area contributed by atoms with Gasteiger partial charge in [0, 0.05) is 5.92 Å². The van der Waals surface area contributed by atoms with Crippen LogP contribution in [0, 0.1) is 11.8 Å². The van der Waals surface area contributed by atoms with Crippen LogP contribution in [0.2, 0.25) is 0 Å². The van der Waals surface area contributed by atoms with Crippen molar-refractivity contribution in [2.75, 3.05) is 0 Å². The van der Waals surface area contributed by atoms with Crippen molar-refractivity contribution in [2.45, 2.75) is 5.92 Å². The number of rotatable bonds is 0. The summed E-state index contributed by atoms with van der Waals surface area (Å²) in [7, 11) is 0. The third-order valence-corrected chi connectivity index (χ3v) is 3.11. The van der Waals surface area contributed by atoms with Crippen LogP contribution in [-0.2, 0) is 4.79 Å². The fraction of sp³-hybridized carbons (Fsp3) is 0.0625. The number of hydrogen-bond donors (Lipinski definition) is 1. The average Bonchev–Trinajstić information content (AvgIpc) is 2.38. The van der Waals surface area contributed by atoms with Crippen LogP contribution in [0.5, 0.6) is 0 Å². The van der Waals surface area contributed by atoms with Crippen LogP contribution < -0.4 is 0 Å². The standard InChI is InChI=1S/C16H10O2/c17-15(18)10-9-11-7-8-13-4-1-3-12-5-2-6-14(11)16(12)13/h1-8,11H,(H,17,18). The average molecular weight is 234 g/mol. The molecule has 18 heavy (non-hydrogen) atoms. The van der Waals surface area contributed by atoms with Gasteiger partial charge in [0.2, 0.25) is 0 Å². The normalized spacial score (nSPS) is 16.1. The predicted molar refractivity (Wildman–Crippen MR) is 71.1 cm³/mol. The molecule has 3 rings (SSSR count). The Morgan fingerprint density at radius 1 is 1.17 bits per heavy atom. The summed E-state index contributed by atoms with van der Waals surface area (Å²) < 4.78 is 0. The van der Waals surface area contributed by atoms with Gasteiger partial charge in [-0.25, -0.2) is 4.79 Å². The number of allylic oxidation sites excluding steroid dienone is 1. The highest BCUT2D eigenvalue weighted by Gasteiger charge is 2.15. The minimum absolute atomic E-state index is 0.139. The maximum Gasteiger partial charge on any atom is 0.381 e. The lowest BCUT2D eigenvalue weighted by atomic mass is 9.86. The molecule has 2 aromatic carbocycles. The fourth-order valence-corrected chi connectivity index (χ4v) is 2.37. The molecule has 0 aliphatic heterocycles. The van der Waals surface area contributed by atoms with E-state index in [9.17, 15) is 4.79 Å². The molecule has 1 aliphatic carbocycles. The Labute approximate surface area is 105 Å². The number of aliphatic carboxylic acids is 1. The molecule has 1 aliphatic rings. The van der Waals surface area contributed by atoms with Gasteiger partial charge < -0.3 is 5.11 Å². The summed E-state index contributed by atoms with van der Waals surface area (Å²) >= 11 is 0. The van der Waals surface area contributed by atoms with Crippen molar-refractivity contribution in [1.82, 2.24) is 0 Å². The van der Waals surface area contributed by atoms with E-state index < -0.39 is 5.97 Å². The molecule has 0 heterocycles. The Morgan fingerprint density at radius 2 is 1.94 bits per heavy atom. The van der Waals surface area contributed by atoms with Crippen LogP contribution in [0.4, 0.5) is 0 Å². The van der Waals surface area contributed by atoms with E-state index in [-0.39, 0.29) is 5.92 Å². The molecule has 0 spiro atoms. The van der Waals surface area contributed by atoms with Crippen molar-refractivity contribution in [3.8, 4) is 11.8 Å². The molecule has 0 saturated carbocycles. The second-order valence-electron chi connectivity index (χ2n) is 4.20. The first-order valence-electron chi connectivity index (χ1n) is 5.70. The van der Waals surface area contributed by atoms with Gasteiger partial charge in [0.1, 0.15) is 0 Å². The van der Waals surface area contributed by atoms with Gasteiger partial charge in [-0.3, -0.25) is 0 Å². The van der Waals surface area contributed by atoms with Crippen molar-refractivity contribution in [3.05, 3.63) is 53.6 Å². The summed E-state index contributed by atoms with van der Waals surface area (Å²) in [5.41, 5.74) is 2.25. The molecule has 2 heteroatoms. The maximum absolute atomic E-state index is 10.5. The van der Waals surface area contributed by atoms with Gasteiger partial charge in [0.15, 0.2) is 0 Å². The number of benzene rings is 2. The molecule has 0 radical (unpaired) electrons. The fourth-order valence-electron chi connectivity index (χ4n) is 2.37. The summed E-state index contributed by atoms with van der Waals surface area (Å²) in [4.78, 5) is 10.5. The monoisotopic (exact) mass is 234 g/mol. The van der Waals surface area contributed by atoms with Crippen molar-refractivity contribution < 1.29 is 9.90 Å². The first-order chi connectivity index (χ1) is 8.75. The lowest BCUT2D eigenvalue weighted by Gasteiger charge is -2.17. The van der Waals surface area contributed by atoms with Gasteiger partial charge >= 0.3 is 5.97 Å². The van der Waals surface area contributed by atoms with E-state index in [1.807, 2.05) is 30.4 Å². The lowest BCUT2D eigenvalue weighted by molar-refractivity contribution is -0.130. The molecular weight excluding hydrogens is 224 g/mol. The number of hydrogen-bond acceptors (Lipinski definition) is 1. The molecular formula is C16H10O2. The molecule has 86 valence electrons. The molecule has 0 aromatic heterocycles. The minimum atomic E-state index is -1.09. The molecule has 1 unspecified atom stereocenters. The number of carbonyl (C=O) groups is 1. The van der Waals surface area contributed by atoms with E-state index >= 15 is 0 Å². The van der Waals surface area contributed by atoms with Crippen molar-refractivity contribution in [2.24, 2.45) is 0 Å². The van der Waals surface area contributed by atoms with E-state index in [0.717, 1.165) is 16.5 Å². The van der Waals surface area contributed by atoms with Gasteiger partial charge in [-0.2, -0.15) is 0 Å². The van der Waals surface area contributed by atoms with Crippen molar-refractivity contribution in [3.63, 3.8) is 0 Å². The summed E-state index contributed by atoms with van der Waals surface area (Å²) in [6, 6.07) is 12.2. The molecule has 0 fully saturated rings. The Balaban J connectivity index is 2.23. The van der Waals surface area contributed by atoms with Gasteiger partial charge in [-0.05, 0) is 21.9 Å². The highest BCUT2D eigenvalue weighted by molar-refractivity contribution is 5.96. The quantitative estimate of drug-likeness (QED) is 0.711. The Morgan fingerprint density at radius 3 is 2.72 bits per heavy atom. The highest BCUT2D eigenvalue weighted by atomic mass is 16.4. The largest absolute Gasteiger partial charge is 0.472 e. The van der Waals surface area contributed by atoms with Crippen LogP contribution in [0.1, 0.15) is 17.0 Å². The zero-order valence-electron chi connectivity index (χ0n) is 9.55. The minimum Gasteiger partial charge on any atom is -0.472 e. The van der Waals surface area contributed by atoms with E-state index in [0.29, 0.717) is 0 Å². The summed E-state index contributed by atoms with van der Waals surface area (Å²) in [6.45, 7) is 0. The van der Waals surface area contributed by atoms with E-state index in [1.54, 1.807) is 0 Å². The molecule has 0 bridgehead atoms. The third kappa shape index (κ3) is 1.66. The van der Waals surface area contributed by atoms with Gasteiger partial charge in [0.05, 0.1) is 5.92 Å². The lowest BCUT2D eigenvalue weighted by Crippen LogP contribution is -2.00. The van der Waals surface area contributed by atoms with Crippen LogP contribution >= 0.6 is 0 Å². The molecule has 2 aromatic rings. The van der Waals surface area contributed by atoms with Crippen molar-refractivity contribution >= 4 is 22.8 Å². The number of carboxylic acid groups (broad SMARTS) is 1. The van der Waals surface area contributed by atoms with Gasteiger partial charge in [-0.15, -0.1) is 0 Å². The molecule has 0 saturated heterocycles. The van der Waals surface area contributed by atoms with E-state index in [2.05, 4.69) is 30.0 Å². The zero-order chi connectivity index (χ0) is 12.5. The van der Waals surface area contributed by atoms with Crippen LogP contribution in [0.15, 0.2) is 42.5 Å². The van der Waals surface area contributed by atoms with Crippen molar-refractivity contribution in [1.29, 1.82) is 0 Å². The summed E-state index contributed by atoms with van der Waals surface area (Å²) in [5.74, 6) is 3.76. The molecule has 1 N–H and O–H groups in total. The topological polar surface area (TPSA) is 37.3 Å². The Hall–Kier alpha value is -2.53. The Bertz CT molecular complexity index is 724. The van der Waals surface area contributed by atoms with E-state index in [4.69, 9.17) is 5.11 Å². The summed E-state index contributed by atoms with van der Waals surface area (Å²) in [5, 5.41) is 11.0. The first-order valence-corrected chi connectivity index (χ1v) is 5.70. The predicted octanol–water partition coefficient (Wildman–Crippen LogP) is 3.04. The first kappa shape index (κ1) is 10.6. The van der Waals surface area contributed by atoms with Gasteiger partial charge in [0.25, 0.3) is 0 Å². The second kappa shape index (κ2) is 4.05. The highest BCUT2D eigenvalue weighted by Crippen LogP contribution is 2.34.